The largest absolute Gasteiger partial charge is 0.478 e. The monoisotopic (exact) mass is 762 g/mol. The van der Waals surface area contributed by atoms with Crippen molar-refractivity contribution in [1.29, 1.82) is 0 Å². The first-order valence-corrected chi connectivity index (χ1v) is 16.7. The molecule has 0 aliphatic heterocycles. The van der Waals surface area contributed by atoms with Crippen molar-refractivity contribution in [1.82, 2.24) is 5.32 Å². The Balaban J connectivity index is 0.000000447. The summed E-state index contributed by atoms with van der Waals surface area (Å²) in [5, 5.41) is 11.4. The normalized spacial score (nSPS) is 10.3. The summed E-state index contributed by atoms with van der Waals surface area (Å²) >= 11 is 0. The summed E-state index contributed by atoms with van der Waals surface area (Å²) in [6, 6.07) is 18.7. The lowest BCUT2D eigenvalue weighted by molar-refractivity contribution is 0.0511. The number of amides is 1. The first kappa shape index (κ1) is 47.3. The van der Waals surface area contributed by atoms with Gasteiger partial charge in [0.2, 0.25) is 0 Å². The Kier molecular flexibility index (Phi) is 24.3. The molecule has 0 saturated heterocycles. The van der Waals surface area contributed by atoms with Gasteiger partial charge in [0.15, 0.2) is 0 Å². The molecular weight excluding hydrogens is 712 g/mol. The van der Waals surface area contributed by atoms with Crippen LogP contribution < -0.4 is 22.5 Å². The van der Waals surface area contributed by atoms with E-state index in [1.54, 1.807) is 0 Å². The molecule has 8 N–H and O–H groups in total. The molecule has 4 aromatic rings. The Morgan fingerprint density at radius 1 is 0.519 bits per heavy atom. The molecule has 4 aromatic carbocycles. The molecule has 11 nitrogen and oxygen atoms in total. The summed E-state index contributed by atoms with van der Waals surface area (Å²) in [7, 11) is 0. The van der Waals surface area contributed by atoms with Crippen molar-refractivity contribution in [3.8, 4) is 22.3 Å². The van der Waals surface area contributed by atoms with Gasteiger partial charge in [0.1, 0.15) is 23.3 Å². The van der Waals surface area contributed by atoms with Crippen LogP contribution in [-0.4, -0.2) is 96.0 Å². The molecule has 0 aromatic heterocycles. The molecule has 0 bridgehead atoms. The van der Waals surface area contributed by atoms with E-state index in [-0.39, 0.29) is 30.0 Å². The van der Waals surface area contributed by atoms with Crippen LogP contribution in [0.2, 0.25) is 0 Å². The van der Waals surface area contributed by atoms with Gasteiger partial charge in [-0.05, 0) is 59.7 Å². The van der Waals surface area contributed by atoms with Crippen LogP contribution in [0.25, 0.3) is 22.3 Å². The number of nitrogens with two attached hydrogens (primary N) is 3. The Morgan fingerprint density at radius 3 is 1.19 bits per heavy atom. The topological polar surface area (TPSA) is 181 Å². The average Bonchev–Trinajstić information content (AvgIpc) is 3.15. The minimum absolute atomic E-state index is 0. The van der Waals surface area contributed by atoms with Crippen LogP contribution in [0, 0.1) is 23.3 Å². The van der Waals surface area contributed by atoms with Crippen molar-refractivity contribution < 1.29 is 51.2 Å². The van der Waals surface area contributed by atoms with Crippen molar-refractivity contribution in [2.24, 2.45) is 17.2 Å². The third kappa shape index (κ3) is 17.4. The van der Waals surface area contributed by atoms with Crippen LogP contribution in [0.4, 0.5) is 17.6 Å². The van der Waals surface area contributed by atoms with Gasteiger partial charge >= 0.3 is 5.97 Å². The molecule has 1 amide bonds. The van der Waals surface area contributed by atoms with E-state index < -0.39 is 29.2 Å². The summed E-state index contributed by atoms with van der Waals surface area (Å²) in [5.41, 5.74) is 16.6. The second-order valence-electron chi connectivity index (χ2n) is 10.7. The zero-order valence-electron chi connectivity index (χ0n) is 29.2. The van der Waals surface area contributed by atoms with Crippen LogP contribution in [-0.2, 0) is 18.9 Å². The quantitative estimate of drug-likeness (QED) is 0.0625. The van der Waals surface area contributed by atoms with Gasteiger partial charge < -0.3 is 46.6 Å². The van der Waals surface area contributed by atoms with Crippen LogP contribution in [0.15, 0.2) is 84.9 Å². The predicted molar refractivity (Wildman–Crippen MR) is 200 cm³/mol. The highest BCUT2D eigenvalue weighted by Gasteiger charge is 2.13. The molecular formula is C39H50F4N4O7. The number of carboxylic acid groups (broad SMARTS) is 1. The maximum absolute atomic E-state index is 13.8. The maximum atomic E-state index is 13.8. The third-order valence-electron chi connectivity index (χ3n) is 6.84. The van der Waals surface area contributed by atoms with Gasteiger partial charge in [-0.3, -0.25) is 4.79 Å². The Bertz CT molecular complexity index is 1600. The number of aromatic carboxylic acids is 1. The van der Waals surface area contributed by atoms with Crippen molar-refractivity contribution in [3.63, 3.8) is 0 Å². The summed E-state index contributed by atoms with van der Waals surface area (Å²) in [6.45, 7) is 6.11. The van der Waals surface area contributed by atoms with Crippen molar-refractivity contribution in [2.75, 3.05) is 79.0 Å². The number of hydrogen-bond donors (Lipinski definition) is 5. The smallest absolute Gasteiger partial charge is 0.335 e. The lowest BCUT2D eigenvalue weighted by atomic mass is 10.0. The van der Waals surface area contributed by atoms with Crippen LogP contribution in [0.3, 0.4) is 0 Å². The highest BCUT2D eigenvalue weighted by molar-refractivity contribution is 5.94. The van der Waals surface area contributed by atoms with Gasteiger partial charge in [-0.1, -0.05) is 43.8 Å². The predicted octanol–water partition coefficient (Wildman–Crippen LogP) is 5.26. The number of carbonyl (C=O) groups excluding carboxylic acids is 1. The summed E-state index contributed by atoms with van der Waals surface area (Å²) in [4.78, 5) is 22.7. The minimum atomic E-state index is -1.08. The van der Waals surface area contributed by atoms with E-state index in [0.29, 0.717) is 95.7 Å². The summed E-state index contributed by atoms with van der Waals surface area (Å²) in [5.74, 6) is -4.00. The molecule has 0 radical (unpaired) electrons. The minimum Gasteiger partial charge on any atom is -0.478 e. The van der Waals surface area contributed by atoms with Gasteiger partial charge in [-0.25, -0.2) is 22.4 Å². The SMILES string of the molecule is C.NCCOCCOCCN.NCCOCCOCCNC(=O)c1ccc(-c2c(F)cccc2F)cc1.O=C(O)c1ccc(-c2c(F)cccc2F)cc1. The van der Waals surface area contributed by atoms with Crippen LogP contribution in [0.5, 0.6) is 0 Å². The second kappa shape index (κ2) is 27.8. The van der Waals surface area contributed by atoms with Gasteiger partial charge in [0, 0.05) is 31.7 Å². The average molecular weight is 763 g/mol. The lowest BCUT2D eigenvalue weighted by Crippen LogP contribution is -2.27. The van der Waals surface area contributed by atoms with Crippen molar-refractivity contribution >= 4 is 11.9 Å². The van der Waals surface area contributed by atoms with E-state index in [0.717, 1.165) is 12.1 Å². The first-order valence-electron chi connectivity index (χ1n) is 16.7. The standard InChI is InChI=1S/C19H22F2N2O3.C13H8F2O2.C6H16N2O2.CH4/c20-16-2-1-3-17(21)18(16)14-4-6-15(7-5-14)19(24)23-9-11-26-13-12-25-10-8-22;14-10-2-1-3-11(15)12(10)8-4-6-9(7-5-8)13(16)17;7-1-3-9-5-6-10-4-2-8;/h1-7H,8-13,22H2,(H,23,24);1-7H,(H,16,17);1-8H2;1H4. The summed E-state index contributed by atoms with van der Waals surface area (Å²) < 4.78 is 75.0. The maximum Gasteiger partial charge on any atom is 0.335 e. The van der Waals surface area contributed by atoms with E-state index >= 15 is 0 Å². The lowest BCUT2D eigenvalue weighted by Gasteiger charge is -2.08. The molecule has 0 heterocycles. The second-order valence-corrected chi connectivity index (χ2v) is 10.7. The van der Waals surface area contributed by atoms with Crippen LogP contribution in [0.1, 0.15) is 28.1 Å². The zero-order chi connectivity index (χ0) is 38.8. The fourth-order valence-corrected chi connectivity index (χ4v) is 4.35. The van der Waals surface area contributed by atoms with Crippen molar-refractivity contribution in [2.45, 2.75) is 7.43 Å². The van der Waals surface area contributed by atoms with Crippen LogP contribution >= 0.6 is 0 Å². The molecule has 0 saturated carbocycles. The molecule has 0 aliphatic rings. The van der Waals surface area contributed by atoms with Gasteiger partial charge in [0.25, 0.3) is 5.91 Å². The number of nitrogens with one attached hydrogen (secondary N) is 1. The highest BCUT2D eigenvalue weighted by atomic mass is 19.1. The molecule has 0 aliphatic carbocycles. The molecule has 0 unspecified atom stereocenters. The van der Waals surface area contributed by atoms with E-state index in [9.17, 15) is 27.2 Å². The van der Waals surface area contributed by atoms with Gasteiger partial charge in [-0.15, -0.1) is 0 Å². The number of carbonyl (C=O) groups is 2. The van der Waals surface area contributed by atoms with E-state index in [1.807, 2.05) is 0 Å². The van der Waals surface area contributed by atoms with Gasteiger partial charge in [-0.2, -0.15) is 0 Å². The third-order valence-corrected chi connectivity index (χ3v) is 6.84. The molecule has 0 spiro atoms. The van der Waals surface area contributed by atoms with Crippen molar-refractivity contribution in [3.05, 3.63) is 119 Å². The number of carboxylic acids is 1. The number of ether oxygens (including phenoxy) is 4. The Morgan fingerprint density at radius 2 is 0.852 bits per heavy atom. The molecule has 4 rings (SSSR count). The number of rotatable bonds is 19. The highest BCUT2D eigenvalue weighted by Crippen LogP contribution is 2.27. The fourth-order valence-electron chi connectivity index (χ4n) is 4.35. The Hall–Kier alpha value is -4.74. The number of halogens is 4. The molecule has 0 atom stereocenters. The molecule has 15 heteroatoms. The zero-order valence-corrected chi connectivity index (χ0v) is 29.2. The summed E-state index contributed by atoms with van der Waals surface area (Å²) in [6.07, 6.45) is 0. The van der Waals surface area contributed by atoms with E-state index in [1.165, 1.54) is 72.8 Å². The van der Waals surface area contributed by atoms with Gasteiger partial charge in [0.05, 0.1) is 69.5 Å². The molecule has 0 fully saturated rings. The van der Waals surface area contributed by atoms with E-state index in [4.69, 9.17) is 41.3 Å². The molecule has 54 heavy (non-hydrogen) atoms. The number of hydrogen-bond acceptors (Lipinski definition) is 9. The first-order chi connectivity index (χ1) is 25.6. The number of benzene rings is 4. The Labute approximate surface area is 313 Å². The van der Waals surface area contributed by atoms with E-state index in [2.05, 4.69) is 5.32 Å². The molecule has 296 valence electrons. The fraction of sp³-hybridized carbons (Fsp3) is 0.333.